The standard InChI is InChI=1S/C25H20FN3O4S/c1-33-19-11-9-17(10-12-19)27-22(30)14-28-21-8-3-2-7-20(21)25(24(28)32)29(23(31)15-34-25)18-6-4-5-16(26)13-18/h2-13H,14-15H2,1H3,(H,27,30)/t25-/m1/s1. The van der Waals surface area contributed by atoms with Crippen molar-refractivity contribution in [3.8, 4) is 5.75 Å². The first-order valence-electron chi connectivity index (χ1n) is 10.5. The van der Waals surface area contributed by atoms with Crippen LogP contribution in [0.1, 0.15) is 5.56 Å². The Morgan fingerprint density at radius 2 is 1.85 bits per heavy atom. The minimum atomic E-state index is -1.40. The molecule has 0 saturated carbocycles. The number of rotatable bonds is 5. The molecule has 1 N–H and O–H groups in total. The van der Waals surface area contributed by atoms with Gasteiger partial charge in [-0.05, 0) is 48.5 Å². The van der Waals surface area contributed by atoms with Crippen molar-refractivity contribution in [2.75, 3.05) is 34.5 Å². The smallest absolute Gasteiger partial charge is 0.269 e. The van der Waals surface area contributed by atoms with Crippen LogP contribution in [-0.2, 0) is 19.3 Å². The van der Waals surface area contributed by atoms with Crippen LogP contribution in [-0.4, -0.2) is 37.1 Å². The Kier molecular flexibility index (Phi) is 5.49. The zero-order valence-corrected chi connectivity index (χ0v) is 19.0. The first kappa shape index (κ1) is 22.0. The highest BCUT2D eigenvalue weighted by molar-refractivity contribution is 8.02. The quantitative estimate of drug-likeness (QED) is 0.606. The van der Waals surface area contributed by atoms with Crippen LogP contribution in [0.4, 0.5) is 21.5 Å². The Morgan fingerprint density at radius 1 is 1.09 bits per heavy atom. The first-order valence-corrected chi connectivity index (χ1v) is 11.5. The number of amides is 3. The van der Waals surface area contributed by atoms with Crippen LogP contribution in [0.15, 0.2) is 72.8 Å². The van der Waals surface area contributed by atoms with Gasteiger partial charge < -0.3 is 10.1 Å². The summed E-state index contributed by atoms with van der Waals surface area (Å²) in [5, 5.41) is 2.78. The molecule has 1 atom stereocenters. The SMILES string of the molecule is COc1ccc(NC(=O)CN2C(=O)[C@]3(SCC(=O)N3c3cccc(F)c3)c3ccccc32)cc1. The van der Waals surface area contributed by atoms with Gasteiger partial charge in [0.2, 0.25) is 16.7 Å². The van der Waals surface area contributed by atoms with Crippen LogP contribution < -0.4 is 19.9 Å². The molecule has 172 valence electrons. The van der Waals surface area contributed by atoms with Crippen LogP contribution >= 0.6 is 11.8 Å². The number of halogens is 1. The molecule has 1 saturated heterocycles. The molecular weight excluding hydrogens is 457 g/mol. The lowest BCUT2D eigenvalue weighted by Gasteiger charge is -2.33. The zero-order chi connectivity index (χ0) is 23.9. The summed E-state index contributed by atoms with van der Waals surface area (Å²) in [5.41, 5.74) is 1.99. The molecule has 34 heavy (non-hydrogen) atoms. The lowest BCUT2D eigenvalue weighted by Crippen LogP contribution is -2.50. The van der Waals surface area contributed by atoms with Crippen molar-refractivity contribution in [2.45, 2.75) is 4.87 Å². The van der Waals surface area contributed by atoms with E-state index in [4.69, 9.17) is 4.74 Å². The molecular formula is C25H20FN3O4S. The summed E-state index contributed by atoms with van der Waals surface area (Å²) in [5.74, 6) is -0.905. The van der Waals surface area contributed by atoms with Crippen LogP contribution in [0.25, 0.3) is 0 Å². The van der Waals surface area contributed by atoms with Crippen molar-refractivity contribution >= 4 is 46.5 Å². The summed E-state index contributed by atoms with van der Waals surface area (Å²) in [6, 6.07) is 19.5. The number of nitrogens with zero attached hydrogens (tertiary/aromatic N) is 2. The van der Waals surface area contributed by atoms with Crippen LogP contribution in [0, 0.1) is 5.82 Å². The lowest BCUT2D eigenvalue weighted by molar-refractivity contribution is -0.124. The molecule has 0 bridgehead atoms. The monoisotopic (exact) mass is 477 g/mol. The van der Waals surface area contributed by atoms with E-state index in [1.807, 2.05) is 0 Å². The van der Waals surface area contributed by atoms with Gasteiger partial charge in [-0.3, -0.25) is 24.2 Å². The molecule has 7 nitrogen and oxygen atoms in total. The average Bonchev–Trinajstić information content (AvgIpc) is 3.30. The minimum Gasteiger partial charge on any atom is -0.497 e. The number of benzene rings is 3. The van der Waals surface area contributed by atoms with E-state index in [-0.39, 0.29) is 18.2 Å². The van der Waals surface area contributed by atoms with E-state index in [0.29, 0.717) is 28.4 Å². The largest absolute Gasteiger partial charge is 0.497 e. The molecule has 3 amide bonds. The zero-order valence-electron chi connectivity index (χ0n) is 18.2. The van der Waals surface area contributed by atoms with Gasteiger partial charge in [-0.1, -0.05) is 24.3 Å². The van der Waals surface area contributed by atoms with E-state index in [1.54, 1.807) is 61.7 Å². The number of ether oxygens (including phenoxy) is 1. The van der Waals surface area contributed by atoms with Gasteiger partial charge in [-0.2, -0.15) is 0 Å². The maximum Gasteiger partial charge on any atom is 0.269 e. The summed E-state index contributed by atoms with van der Waals surface area (Å²) in [7, 11) is 1.55. The Labute approximate surface area is 199 Å². The summed E-state index contributed by atoms with van der Waals surface area (Å²) >= 11 is 1.18. The topological polar surface area (TPSA) is 79.0 Å². The Balaban J connectivity index is 1.48. The second-order valence-corrected chi connectivity index (χ2v) is 9.00. The molecule has 2 aliphatic heterocycles. The second kappa shape index (κ2) is 8.49. The molecule has 3 aromatic carbocycles. The number of hydrogen-bond donors (Lipinski definition) is 1. The summed E-state index contributed by atoms with van der Waals surface area (Å²) in [4.78, 5) is 41.0. The number of nitrogens with one attached hydrogen (secondary N) is 1. The third-order valence-corrected chi connectivity index (χ3v) is 7.19. The van der Waals surface area contributed by atoms with E-state index in [0.717, 1.165) is 0 Å². The molecule has 2 aliphatic rings. The van der Waals surface area contributed by atoms with Crippen molar-refractivity contribution < 1.29 is 23.5 Å². The number of carbonyl (C=O) groups excluding carboxylic acids is 3. The number of thioether (sulfide) groups is 1. The predicted molar refractivity (Wildman–Crippen MR) is 128 cm³/mol. The molecule has 0 aliphatic carbocycles. The second-order valence-electron chi connectivity index (χ2n) is 7.83. The van der Waals surface area contributed by atoms with E-state index >= 15 is 0 Å². The van der Waals surface area contributed by atoms with Gasteiger partial charge in [0.15, 0.2) is 0 Å². The van der Waals surface area contributed by atoms with Crippen LogP contribution in [0.5, 0.6) is 5.75 Å². The molecule has 9 heteroatoms. The molecule has 2 heterocycles. The number of anilines is 3. The highest BCUT2D eigenvalue weighted by Crippen LogP contribution is 2.55. The molecule has 0 aromatic heterocycles. The van der Waals surface area contributed by atoms with Gasteiger partial charge in [0, 0.05) is 16.9 Å². The predicted octanol–water partition coefficient (Wildman–Crippen LogP) is 3.75. The number of fused-ring (bicyclic) bond motifs is 2. The van der Waals surface area contributed by atoms with Crippen LogP contribution in [0.3, 0.4) is 0 Å². The fraction of sp³-hybridized carbons (Fsp3) is 0.160. The number of para-hydroxylation sites is 1. The maximum absolute atomic E-state index is 14.0. The maximum atomic E-state index is 14.0. The van der Waals surface area contributed by atoms with Crippen molar-refractivity contribution in [3.05, 3.63) is 84.2 Å². The highest BCUT2D eigenvalue weighted by Gasteiger charge is 2.61. The van der Waals surface area contributed by atoms with E-state index in [9.17, 15) is 18.8 Å². The highest BCUT2D eigenvalue weighted by atomic mass is 32.2. The Hall–Kier alpha value is -3.85. The minimum absolute atomic E-state index is 0.0580. The van der Waals surface area contributed by atoms with Gasteiger partial charge in [-0.25, -0.2) is 4.39 Å². The van der Waals surface area contributed by atoms with Crippen LogP contribution in [0.2, 0.25) is 0 Å². The molecule has 5 rings (SSSR count). The van der Waals surface area contributed by atoms with E-state index in [2.05, 4.69) is 5.32 Å². The van der Waals surface area contributed by atoms with Crippen molar-refractivity contribution in [2.24, 2.45) is 0 Å². The van der Waals surface area contributed by atoms with E-state index < -0.39 is 22.5 Å². The van der Waals surface area contributed by atoms with Gasteiger partial charge in [0.05, 0.1) is 18.6 Å². The van der Waals surface area contributed by atoms with Crippen molar-refractivity contribution in [3.63, 3.8) is 0 Å². The molecule has 1 fully saturated rings. The van der Waals surface area contributed by atoms with Gasteiger partial charge >= 0.3 is 0 Å². The fourth-order valence-corrected chi connectivity index (χ4v) is 5.71. The third-order valence-electron chi connectivity index (χ3n) is 5.81. The number of methoxy groups -OCH3 is 1. The molecule has 1 spiro atoms. The Bertz CT molecular complexity index is 1300. The van der Waals surface area contributed by atoms with Crippen molar-refractivity contribution in [1.29, 1.82) is 0 Å². The van der Waals surface area contributed by atoms with Gasteiger partial charge in [-0.15, -0.1) is 11.8 Å². The summed E-state index contributed by atoms with van der Waals surface area (Å²) in [6.07, 6.45) is 0. The van der Waals surface area contributed by atoms with Crippen molar-refractivity contribution in [1.82, 2.24) is 0 Å². The molecule has 0 unspecified atom stereocenters. The third kappa shape index (κ3) is 3.49. The normalized spacial score (nSPS) is 19.0. The summed E-state index contributed by atoms with van der Waals surface area (Å²) in [6.45, 7) is -0.241. The van der Waals surface area contributed by atoms with Gasteiger partial charge in [0.1, 0.15) is 18.1 Å². The van der Waals surface area contributed by atoms with Gasteiger partial charge in [0.25, 0.3) is 5.91 Å². The first-order chi connectivity index (χ1) is 16.4. The molecule has 3 aromatic rings. The lowest BCUT2D eigenvalue weighted by atomic mass is 10.0. The summed E-state index contributed by atoms with van der Waals surface area (Å²) < 4.78 is 19.1. The van der Waals surface area contributed by atoms with E-state index in [1.165, 1.54) is 39.8 Å². The number of hydrogen-bond acceptors (Lipinski definition) is 5. The number of carbonyl (C=O) groups is 3. The fourth-order valence-electron chi connectivity index (χ4n) is 4.35. The Morgan fingerprint density at radius 3 is 2.59 bits per heavy atom. The average molecular weight is 478 g/mol. The molecule has 0 radical (unpaired) electrons.